The van der Waals surface area contributed by atoms with Crippen molar-refractivity contribution in [3.05, 3.63) is 60.2 Å². The summed E-state index contributed by atoms with van der Waals surface area (Å²) in [6.45, 7) is 7.38. The highest BCUT2D eigenvalue weighted by Gasteiger charge is 2.18. The number of ether oxygens (including phenoxy) is 1. The van der Waals surface area contributed by atoms with Crippen molar-refractivity contribution in [3.8, 4) is 5.75 Å². The van der Waals surface area contributed by atoms with E-state index >= 15 is 0 Å². The van der Waals surface area contributed by atoms with Gasteiger partial charge in [-0.15, -0.1) is 11.8 Å². The second-order valence-electron chi connectivity index (χ2n) is 5.76. The summed E-state index contributed by atoms with van der Waals surface area (Å²) in [6.07, 6.45) is 0. The van der Waals surface area contributed by atoms with Crippen molar-refractivity contribution in [2.75, 3.05) is 12.4 Å². The summed E-state index contributed by atoms with van der Waals surface area (Å²) in [5.41, 5.74) is 1.38. The molecular weight excluding hydrogens is 264 g/mol. The van der Waals surface area contributed by atoms with Gasteiger partial charge in [0.15, 0.2) is 0 Å². The molecule has 20 heavy (non-hydrogen) atoms. The summed E-state index contributed by atoms with van der Waals surface area (Å²) in [6, 6.07) is 18.8. The van der Waals surface area contributed by atoms with Gasteiger partial charge >= 0.3 is 0 Å². The van der Waals surface area contributed by atoms with Crippen LogP contribution in [-0.2, 0) is 5.41 Å². The molecule has 0 spiro atoms. The molecule has 1 nitrogen and oxygen atoms in total. The Kier molecular flexibility index (Phi) is 5.13. The Morgan fingerprint density at radius 2 is 1.55 bits per heavy atom. The third kappa shape index (κ3) is 4.31. The predicted octanol–water partition coefficient (Wildman–Crippen LogP) is 5.16. The van der Waals surface area contributed by atoms with Crippen LogP contribution in [0.25, 0.3) is 0 Å². The van der Waals surface area contributed by atoms with E-state index in [1.54, 1.807) is 0 Å². The maximum atomic E-state index is 5.96. The zero-order chi connectivity index (χ0) is 14.4. The first kappa shape index (κ1) is 15.0. The van der Waals surface area contributed by atoms with E-state index in [-0.39, 0.29) is 5.41 Å². The number of rotatable bonds is 5. The van der Waals surface area contributed by atoms with E-state index in [4.69, 9.17) is 4.74 Å². The lowest BCUT2D eigenvalue weighted by Gasteiger charge is -2.22. The molecule has 2 aromatic carbocycles. The molecule has 0 atom stereocenters. The molecule has 0 N–H and O–H groups in total. The number of hydrogen-bond acceptors (Lipinski definition) is 2. The van der Waals surface area contributed by atoms with E-state index < -0.39 is 0 Å². The van der Waals surface area contributed by atoms with Crippen molar-refractivity contribution < 1.29 is 4.74 Å². The Bertz CT molecular complexity index is 529. The third-order valence-electron chi connectivity index (χ3n) is 3.05. The summed E-state index contributed by atoms with van der Waals surface area (Å²) in [5, 5.41) is 0. The fraction of sp³-hybridized carbons (Fsp3) is 0.333. The number of hydrogen-bond donors (Lipinski definition) is 0. The molecule has 0 bridgehead atoms. The maximum absolute atomic E-state index is 5.96. The van der Waals surface area contributed by atoms with Gasteiger partial charge in [-0.3, -0.25) is 0 Å². The van der Waals surface area contributed by atoms with Crippen molar-refractivity contribution >= 4 is 11.8 Å². The first-order chi connectivity index (χ1) is 9.57. The lowest BCUT2D eigenvalue weighted by atomic mass is 9.86. The van der Waals surface area contributed by atoms with Gasteiger partial charge in [-0.1, -0.05) is 57.2 Å². The van der Waals surface area contributed by atoms with E-state index in [1.165, 1.54) is 10.5 Å². The van der Waals surface area contributed by atoms with E-state index in [1.807, 2.05) is 23.9 Å². The number of thioether (sulfide) groups is 1. The molecule has 2 heteroatoms. The van der Waals surface area contributed by atoms with Gasteiger partial charge in [-0.2, -0.15) is 0 Å². The van der Waals surface area contributed by atoms with Crippen LogP contribution in [0.2, 0.25) is 0 Å². The van der Waals surface area contributed by atoms with Gasteiger partial charge in [0.1, 0.15) is 5.75 Å². The highest BCUT2D eigenvalue weighted by Crippen LogP contribution is 2.31. The first-order valence-electron chi connectivity index (χ1n) is 6.97. The van der Waals surface area contributed by atoms with Gasteiger partial charge in [0, 0.05) is 10.6 Å². The molecule has 0 aliphatic carbocycles. The zero-order valence-electron chi connectivity index (χ0n) is 12.4. The van der Waals surface area contributed by atoms with Crippen LogP contribution in [0, 0.1) is 0 Å². The molecule has 0 fully saturated rings. The SMILES string of the molecule is CC(C)(C)c1ccccc1OCCSc1ccccc1. The van der Waals surface area contributed by atoms with Crippen molar-refractivity contribution in [2.24, 2.45) is 0 Å². The van der Waals surface area contributed by atoms with Crippen LogP contribution in [0.15, 0.2) is 59.5 Å². The van der Waals surface area contributed by atoms with Crippen LogP contribution in [0.5, 0.6) is 5.75 Å². The molecule has 0 radical (unpaired) electrons. The van der Waals surface area contributed by atoms with Crippen LogP contribution in [0.3, 0.4) is 0 Å². The van der Waals surface area contributed by atoms with E-state index in [0.717, 1.165) is 18.1 Å². The molecule has 106 valence electrons. The molecule has 0 saturated heterocycles. The fourth-order valence-corrected chi connectivity index (χ4v) is 2.79. The van der Waals surface area contributed by atoms with Crippen LogP contribution in [0.4, 0.5) is 0 Å². The topological polar surface area (TPSA) is 9.23 Å². The largest absolute Gasteiger partial charge is 0.492 e. The lowest BCUT2D eigenvalue weighted by molar-refractivity contribution is 0.333. The lowest BCUT2D eigenvalue weighted by Crippen LogP contribution is -2.14. The molecule has 0 amide bonds. The predicted molar refractivity (Wildman–Crippen MR) is 87.8 cm³/mol. The Hall–Kier alpha value is -1.41. The molecule has 0 aromatic heterocycles. The van der Waals surface area contributed by atoms with Crippen molar-refractivity contribution in [1.29, 1.82) is 0 Å². The van der Waals surface area contributed by atoms with Crippen molar-refractivity contribution in [1.82, 2.24) is 0 Å². The second-order valence-corrected chi connectivity index (χ2v) is 6.92. The zero-order valence-corrected chi connectivity index (χ0v) is 13.2. The molecule has 0 heterocycles. The summed E-state index contributed by atoms with van der Waals surface area (Å²) < 4.78 is 5.96. The highest BCUT2D eigenvalue weighted by atomic mass is 32.2. The minimum Gasteiger partial charge on any atom is -0.492 e. The molecule has 0 aliphatic heterocycles. The summed E-state index contributed by atoms with van der Waals surface area (Å²) in [4.78, 5) is 1.29. The minimum atomic E-state index is 0.114. The Morgan fingerprint density at radius 3 is 2.25 bits per heavy atom. The number of para-hydroxylation sites is 1. The fourth-order valence-electron chi connectivity index (χ4n) is 2.04. The maximum Gasteiger partial charge on any atom is 0.123 e. The average molecular weight is 286 g/mol. The molecule has 0 saturated carbocycles. The monoisotopic (exact) mass is 286 g/mol. The first-order valence-corrected chi connectivity index (χ1v) is 7.96. The van der Waals surface area contributed by atoms with Gasteiger partial charge in [-0.25, -0.2) is 0 Å². The van der Waals surface area contributed by atoms with Gasteiger partial charge in [-0.05, 0) is 29.2 Å². The van der Waals surface area contributed by atoms with Gasteiger partial charge < -0.3 is 4.74 Å². The Labute approximate surface area is 126 Å². The van der Waals surface area contributed by atoms with Gasteiger partial charge in [0.05, 0.1) is 6.61 Å². The summed E-state index contributed by atoms with van der Waals surface area (Å²) >= 11 is 1.83. The van der Waals surface area contributed by atoms with Crippen molar-refractivity contribution in [3.63, 3.8) is 0 Å². The summed E-state index contributed by atoms with van der Waals surface area (Å²) in [5.74, 6) is 1.97. The normalized spacial score (nSPS) is 11.3. The second kappa shape index (κ2) is 6.85. The standard InChI is InChI=1S/C18H22OS/c1-18(2,3)16-11-7-8-12-17(16)19-13-14-20-15-9-5-4-6-10-15/h4-12H,13-14H2,1-3H3. The van der Waals surface area contributed by atoms with Crippen LogP contribution in [-0.4, -0.2) is 12.4 Å². The van der Waals surface area contributed by atoms with Crippen LogP contribution >= 0.6 is 11.8 Å². The summed E-state index contributed by atoms with van der Waals surface area (Å²) in [7, 11) is 0. The van der Waals surface area contributed by atoms with E-state index in [0.29, 0.717) is 0 Å². The minimum absolute atomic E-state index is 0.114. The quantitative estimate of drug-likeness (QED) is 0.555. The Balaban J connectivity index is 1.89. The van der Waals surface area contributed by atoms with E-state index in [9.17, 15) is 0 Å². The Morgan fingerprint density at radius 1 is 0.900 bits per heavy atom. The molecule has 2 rings (SSSR count). The van der Waals surface area contributed by atoms with Crippen LogP contribution in [0.1, 0.15) is 26.3 Å². The molecule has 2 aromatic rings. The average Bonchev–Trinajstić information content (AvgIpc) is 2.44. The van der Waals surface area contributed by atoms with Crippen LogP contribution < -0.4 is 4.74 Å². The highest BCUT2D eigenvalue weighted by molar-refractivity contribution is 7.99. The van der Waals surface area contributed by atoms with Gasteiger partial charge in [0.25, 0.3) is 0 Å². The van der Waals surface area contributed by atoms with Crippen molar-refractivity contribution in [2.45, 2.75) is 31.1 Å². The number of benzene rings is 2. The smallest absolute Gasteiger partial charge is 0.123 e. The van der Waals surface area contributed by atoms with Gasteiger partial charge in [0.2, 0.25) is 0 Å². The molecular formula is C18H22OS. The van der Waals surface area contributed by atoms with E-state index in [2.05, 4.69) is 63.2 Å². The third-order valence-corrected chi connectivity index (χ3v) is 4.02. The molecule has 0 unspecified atom stereocenters. The molecule has 0 aliphatic rings.